The molecule has 5 aliphatic rings. The first-order valence-electron chi connectivity index (χ1n) is 13.4. The van der Waals surface area contributed by atoms with Crippen molar-refractivity contribution < 1.29 is 9.90 Å². The summed E-state index contributed by atoms with van der Waals surface area (Å²) in [6.07, 6.45) is 7.86. The molecule has 2 aliphatic carbocycles. The Balaban J connectivity index is 1.29. The zero-order valence-corrected chi connectivity index (χ0v) is 20.7. The molecule has 184 valence electrons. The quantitative estimate of drug-likeness (QED) is 0.666. The van der Waals surface area contributed by atoms with Crippen LogP contribution in [0.1, 0.15) is 71.8 Å². The van der Waals surface area contributed by atoms with Crippen molar-refractivity contribution in [1.82, 2.24) is 14.8 Å². The second kappa shape index (κ2) is 7.45. The molecule has 3 fully saturated rings. The first kappa shape index (κ1) is 21.7. The number of aromatic amines is 1. The Kier molecular flexibility index (Phi) is 4.61. The zero-order valence-electron chi connectivity index (χ0n) is 20.7. The van der Waals surface area contributed by atoms with Crippen molar-refractivity contribution in [3.63, 3.8) is 0 Å². The van der Waals surface area contributed by atoms with E-state index in [1.807, 2.05) is 17.0 Å². The predicted molar refractivity (Wildman–Crippen MR) is 134 cm³/mol. The topological polar surface area (TPSA) is 76.6 Å². The molecule has 0 spiro atoms. The number of amides is 1. The van der Waals surface area contributed by atoms with Crippen molar-refractivity contribution in [3.05, 3.63) is 62.6 Å². The highest BCUT2D eigenvalue weighted by molar-refractivity contribution is 5.94. The van der Waals surface area contributed by atoms with Gasteiger partial charge in [-0.15, -0.1) is 0 Å². The first-order valence-corrected chi connectivity index (χ1v) is 13.4. The number of carbonyl (C=O) groups excluding carboxylic acids is 1. The van der Waals surface area contributed by atoms with Gasteiger partial charge in [-0.3, -0.25) is 9.59 Å². The highest BCUT2D eigenvalue weighted by Crippen LogP contribution is 2.54. The Hall–Kier alpha value is -2.60. The summed E-state index contributed by atoms with van der Waals surface area (Å²) in [5, 5.41) is 10.3. The molecule has 0 unspecified atom stereocenters. The third-order valence-corrected chi connectivity index (χ3v) is 10.3. The summed E-state index contributed by atoms with van der Waals surface area (Å²) in [7, 11) is 2.23. The number of pyridine rings is 1. The molecule has 0 radical (unpaired) electrons. The van der Waals surface area contributed by atoms with Gasteiger partial charge in [0.25, 0.3) is 11.5 Å². The maximum atomic E-state index is 13.7. The largest absolute Gasteiger partial charge is 0.508 e. The molecule has 3 aliphatic heterocycles. The van der Waals surface area contributed by atoms with Crippen LogP contribution in [0, 0.1) is 11.8 Å². The lowest BCUT2D eigenvalue weighted by atomic mass is 9.52. The minimum atomic E-state index is -0.238. The van der Waals surface area contributed by atoms with Gasteiger partial charge in [-0.2, -0.15) is 0 Å². The van der Waals surface area contributed by atoms with Gasteiger partial charge in [0.1, 0.15) is 11.3 Å². The van der Waals surface area contributed by atoms with Crippen LogP contribution in [0.3, 0.4) is 0 Å². The molecule has 2 aromatic rings. The van der Waals surface area contributed by atoms with Crippen molar-refractivity contribution in [3.8, 4) is 5.75 Å². The van der Waals surface area contributed by atoms with E-state index < -0.39 is 0 Å². The smallest absolute Gasteiger partial charge is 0.261 e. The number of phenols is 1. The minimum absolute atomic E-state index is 0.0649. The van der Waals surface area contributed by atoms with Crippen molar-refractivity contribution in [2.45, 2.75) is 81.8 Å². The first-order chi connectivity index (χ1) is 16.8. The molecule has 1 aromatic heterocycles. The number of hydrogen-bond donors (Lipinski definition) is 2. The van der Waals surface area contributed by atoms with Gasteiger partial charge in [0, 0.05) is 29.2 Å². The molecule has 0 saturated carbocycles. The average molecular weight is 474 g/mol. The predicted octanol–water partition coefficient (Wildman–Crippen LogP) is 3.40. The molecule has 6 heteroatoms. The highest BCUT2D eigenvalue weighted by atomic mass is 16.3. The number of piperidine rings is 2. The van der Waals surface area contributed by atoms with E-state index in [2.05, 4.69) is 29.9 Å². The van der Waals surface area contributed by atoms with Gasteiger partial charge >= 0.3 is 0 Å². The molecule has 1 amide bonds. The summed E-state index contributed by atoms with van der Waals surface area (Å²) in [4.78, 5) is 34.7. The Morgan fingerprint density at radius 2 is 1.89 bits per heavy atom. The maximum absolute atomic E-state index is 13.7. The van der Waals surface area contributed by atoms with Crippen molar-refractivity contribution in [1.29, 1.82) is 0 Å². The van der Waals surface area contributed by atoms with Crippen molar-refractivity contribution in [2.75, 3.05) is 13.6 Å². The number of carbonyl (C=O) groups is 1. The number of aromatic nitrogens is 1. The van der Waals surface area contributed by atoms with Crippen LogP contribution in [-0.4, -0.2) is 57.5 Å². The van der Waals surface area contributed by atoms with E-state index in [-0.39, 0.29) is 29.0 Å². The number of benzene rings is 1. The molecule has 6 atom stereocenters. The second-order valence-electron chi connectivity index (χ2n) is 12.2. The van der Waals surface area contributed by atoms with Gasteiger partial charge in [-0.1, -0.05) is 13.0 Å². The number of phenolic OH excluding ortho intramolecular Hbond substituents is 1. The van der Waals surface area contributed by atoms with Crippen LogP contribution >= 0.6 is 0 Å². The fraction of sp³-hybridized carbons (Fsp3) is 0.586. The van der Waals surface area contributed by atoms with E-state index in [0.717, 1.165) is 69.2 Å². The summed E-state index contributed by atoms with van der Waals surface area (Å²) < 4.78 is 0. The molecular weight excluding hydrogens is 438 g/mol. The Labute approximate surface area is 206 Å². The van der Waals surface area contributed by atoms with Crippen LogP contribution in [-0.2, 0) is 24.7 Å². The molecule has 4 bridgehead atoms. The number of aromatic hydroxyl groups is 1. The van der Waals surface area contributed by atoms with Gasteiger partial charge < -0.3 is 19.9 Å². The fourth-order valence-corrected chi connectivity index (χ4v) is 8.69. The highest BCUT2D eigenvalue weighted by Gasteiger charge is 2.55. The van der Waals surface area contributed by atoms with Gasteiger partial charge in [-0.05, 0) is 112 Å². The lowest BCUT2D eigenvalue weighted by molar-refractivity contribution is 0.0233. The molecule has 3 saturated heterocycles. The van der Waals surface area contributed by atoms with E-state index >= 15 is 0 Å². The SMILES string of the molecule is C[C@H]1C[C@H]2CC[C@@H](C1)N2C(=O)c1cc2c([nH]c1=O)C[C@]13CCN(C)[C@H](Cc4ccc(O)cc41)[C@@H]3C2. The van der Waals surface area contributed by atoms with Crippen LogP contribution in [0.5, 0.6) is 5.75 Å². The van der Waals surface area contributed by atoms with Gasteiger partial charge in [0.05, 0.1) is 0 Å². The van der Waals surface area contributed by atoms with Gasteiger partial charge in [-0.25, -0.2) is 0 Å². The van der Waals surface area contributed by atoms with Crippen molar-refractivity contribution in [2.24, 2.45) is 11.8 Å². The van der Waals surface area contributed by atoms with Crippen LogP contribution < -0.4 is 5.56 Å². The summed E-state index contributed by atoms with van der Waals surface area (Å²) in [5.41, 5.74) is 4.72. The second-order valence-corrected chi connectivity index (χ2v) is 12.2. The van der Waals surface area contributed by atoms with E-state index in [4.69, 9.17) is 0 Å². The molecule has 2 N–H and O–H groups in total. The monoisotopic (exact) mass is 473 g/mol. The molecule has 35 heavy (non-hydrogen) atoms. The normalized spacial score (nSPS) is 35.3. The average Bonchev–Trinajstić information content (AvgIpc) is 3.10. The number of likely N-dealkylation sites (N-methyl/N-ethyl adjacent to an activating group) is 1. The number of hydrogen-bond acceptors (Lipinski definition) is 4. The summed E-state index contributed by atoms with van der Waals surface area (Å²) >= 11 is 0. The van der Waals surface area contributed by atoms with E-state index in [1.54, 1.807) is 6.07 Å². The summed E-state index contributed by atoms with van der Waals surface area (Å²) in [5.74, 6) is 1.31. The van der Waals surface area contributed by atoms with E-state index in [0.29, 0.717) is 29.2 Å². The molecule has 4 heterocycles. The minimum Gasteiger partial charge on any atom is -0.508 e. The lowest BCUT2D eigenvalue weighted by Gasteiger charge is -2.58. The van der Waals surface area contributed by atoms with Gasteiger partial charge in [0.2, 0.25) is 0 Å². The van der Waals surface area contributed by atoms with E-state index in [1.165, 1.54) is 11.1 Å². The Morgan fingerprint density at radius 3 is 2.66 bits per heavy atom. The number of rotatable bonds is 1. The van der Waals surface area contributed by atoms with Crippen molar-refractivity contribution >= 4 is 5.91 Å². The zero-order chi connectivity index (χ0) is 24.1. The molecular formula is C29H35N3O3. The van der Waals surface area contributed by atoms with Crippen LogP contribution in [0.15, 0.2) is 29.1 Å². The Morgan fingerprint density at radius 1 is 1.11 bits per heavy atom. The van der Waals surface area contributed by atoms with Gasteiger partial charge in [0.15, 0.2) is 0 Å². The fourth-order valence-electron chi connectivity index (χ4n) is 8.69. The van der Waals surface area contributed by atoms with E-state index in [9.17, 15) is 14.7 Å². The summed E-state index contributed by atoms with van der Waals surface area (Å²) in [6.45, 7) is 3.30. The van der Waals surface area contributed by atoms with Crippen LogP contribution in [0.25, 0.3) is 0 Å². The standard InChI is InChI=1S/C29H35N3O3/c1-16-9-19-4-5-20(10-16)32(19)28(35)22-11-18-12-24-26-13-17-3-6-21(33)14-23(17)29(24,7-8-31(26)2)15-25(18)30-27(22)34/h3,6,11,14,16,19-20,24,26,33H,4-5,7-10,12-13,15H2,1-2H3,(H,30,34)/t16-,19+,20-,24-,26+,29+/m0/s1. The number of likely N-dealkylation sites (tertiary alicyclic amines) is 1. The van der Waals surface area contributed by atoms with Crippen LogP contribution in [0.2, 0.25) is 0 Å². The third-order valence-electron chi connectivity index (χ3n) is 10.3. The maximum Gasteiger partial charge on any atom is 0.261 e. The third kappa shape index (κ3) is 3.05. The number of nitrogens with one attached hydrogen (secondary N) is 1. The number of nitrogens with zero attached hydrogens (tertiary/aromatic N) is 2. The number of fused-ring (bicyclic) bond motifs is 4. The number of H-pyrrole nitrogens is 1. The Bertz CT molecular complexity index is 1270. The molecule has 1 aromatic carbocycles. The lowest BCUT2D eigenvalue weighted by Crippen LogP contribution is -2.61. The molecule has 6 nitrogen and oxygen atoms in total. The molecule has 7 rings (SSSR count). The summed E-state index contributed by atoms with van der Waals surface area (Å²) in [6, 6.07) is 8.79. The van der Waals surface area contributed by atoms with Crippen LogP contribution in [0.4, 0.5) is 0 Å².